The molecule has 0 radical (unpaired) electrons. The van der Waals surface area contributed by atoms with E-state index >= 15 is 0 Å². The lowest BCUT2D eigenvalue weighted by Gasteiger charge is -2.30. The number of hydrogen-bond acceptors (Lipinski definition) is 11. The highest BCUT2D eigenvalue weighted by atomic mass is 79.9. The van der Waals surface area contributed by atoms with Gasteiger partial charge in [-0.25, -0.2) is 34.4 Å². The first-order valence-electron chi connectivity index (χ1n) is 16.0. The number of ether oxygens (including phenoxy) is 3. The quantitative estimate of drug-likeness (QED) is 0.153. The van der Waals surface area contributed by atoms with Gasteiger partial charge in [0.05, 0.1) is 5.69 Å². The number of aromatic nitrogens is 4. The molecule has 0 aliphatic carbocycles. The second kappa shape index (κ2) is 17.9. The van der Waals surface area contributed by atoms with Crippen molar-refractivity contribution in [2.75, 3.05) is 14.1 Å². The first-order valence-corrected chi connectivity index (χ1v) is 19.7. The Morgan fingerprint density at radius 2 is 1.38 bits per heavy atom. The van der Waals surface area contributed by atoms with Crippen molar-refractivity contribution in [3.63, 3.8) is 0 Å². The smallest absolute Gasteiger partial charge is 0.410 e. The predicted octanol–water partition coefficient (Wildman–Crippen LogP) is 6.49. The summed E-state index contributed by atoms with van der Waals surface area (Å²) >= 11 is 3.23. The van der Waals surface area contributed by atoms with Crippen molar-refractivity contribution >= 4 is 48.2 Å². The van der Waals surface area contributed by atoms with Crippen molar-refractivity contribution in [1.29, 1.82) is 0 Å². The van der Waals surface area contributed by atoms with Gasteiger partial charge in [-0.15, -0.1) is 0 Å². The summed E-state index contributed by atoms with van der Waals surface area (Å²) in [6.45, 7) is 2.49. The van der Waals surface area contributed by atoms with Crippen LogP contribution in [0.15, 0.2) is 112 Å². The standard InChI is InChI=1S/C19H17F2N3O5S.C16H20BrN3O4S/c1-22-19(25)28-12-13-9-17(14-4-6-15(7-5-14)29-18(20)21)24(11-13)30(26,27)16-3-2-8-23-10-16;1-16(2,3)19(4)15(21)24-11-12-8-14(17)20(10-12)25(22,23)13-6-5-7-18-9-13/h2-11,18H,12H2,1H3,(H,22,25);5-10H,11H2,1-4H3. The second-order valence-electron chi connectivity index (χ2n) is 12.4. The van der Waals surface area contributed by atoms with Crippen LogP contribution in [0.25, 0.3) is 11.3 Å². The molecule has 55 heavy (non-hydrogen) atoms. The number of rotatable bonds is 11. The molecule has 5 rings (SSSR count). The van der Waals surface area contributed by atoms with Crippen LogP contribution in [-0.4, -0.2) is 78.1 Å². The molecule has 20 heteroatoms. The maximum absolute atomic E-state index is 13.1. The molecule has 0 bridgehead atoms. The molecule has 0 aliphatic heterocycles. The minimum absolute atomic E-state index is 0.0343. The molecule has 4 heterocycles. The van der Waals surface area contributed by atoms with Crippen LogP contribution in [0.2, 0.25) is 0 Å². The van der Waals surface area contributed by atoms with Gasteiger partial charge in [-0.05, 0) is 103 Å². The number of carbonyl (C=O) groups is 2. The van der Waals surface area contributed by atoms with Gasteiger partial charge >= 0.3 is 18.8 Å². The van der Waals surface area contributed by atoms with Crippen LogP contribution in [0.3, 0.4) is 0 Å². The Balaban J connectivity index is 0.000000249. The first kappa shape index (κ1) is 42.4. The van der Waals surface area contributed by atoms with Crippen molar-refractivity contribution in [2.45, 2.75) is 55.9 Å². The molecular formula is C35H37BrF2N6O9S2. The van der Waals surface area contributed by atoms with Crippen LogP contribution in [-0.2, 0) is 42.7 Å². The average molecular weight is 868 g/mol. The van der Waals surface area contributed by atoms with Gasteiger partial charge in [-0.3, -0.25) is 9.97 Å². The number of alkyl carbamates (subject to hydrolysis) is 1. The fraction of sp³-hybridized carbons (Fsp3) is 0.257. The fourth-order valence-electron chi connectivity index (χ4n) is 4.48. The molecule has 294 valence electrons. The molecule has 0 unspecified atom stereocenters. The van der Waals surface area contributed by atoms with E-state index in [2.05, 4.69) is 36.0 Å². The van der Waals surface area contributed by atoms with Gasteiger partial charge in [0.1, 0.15) is 33.4 Å². The topological polar surface area (TPSA) is 181 Å². The van der Waals surface area contributed by atoms with Crippen LogP contribution < -0.4 is 10.1 Å². The third kappa shape index (κ3) is 10.9. The number of hydrogen-bond donors (Lipinski definition) is 1. The largest absolute Gasteiger partial charge is 0.445 e. The van der Waals surface area contributed by atoms with Crippen molar-refractivity contribution in [3.05, 3.63) is 114 Å². The summed E-state index contributed by atoms with van der Waals surface area (Å²) in [5.74, 6) is -0.0647. The van der Waals surface area contributed by atoms with Gasteiger partial charge < -0.3 is 24.4 Å². The number of nitrogens with one attached hydrogen (secondary N) is 1. The zero-order valence-electron chi connectivity index (χ0n) is 30.1. The summed E-state index contributed by atoms with van der Waals surface area (Å²) < 4.78 is 93.3. The Labute approximate surface area is 325 Å². The molecule has 0 saturated heterocycles. The molecule has 2 amide bonds. The maximum atomic E-state index is 13.1. The molecular weight excluding hydrogens is 830 g/mol. The molecule has 1 aromatic carbocycles. The first-order chi connectivity index (χ1) is 25.8. The summed E-state index contributed by atoms with van der Waals surface area (Å²) in [4.78, 5) is 32.6. The van der Waals surface area contributed by atoms with E-state index in [1.807, 2.05) is 20.8 Å². The summed E-state index contributed by atoms with van der Waals surface area (Å²) in [5, 5.41) is 2.30. The molecule has 1 N–H and O–H groups in total. The highest BCUT2D eigenvalue weighted by molar-refractivity contribution is 9.10. The number of amides is 2. The summed E-state index contributed by atoms with van der Waals surface area (Å²) in [6, 6.07) is 14.5. The maximum Gasteiger partial charge on any atom is 0.410 e. The Morgan fingerprint density at radius 1 is 0.855 bits per heavy atom. The molecule has 15 nitrogen and oxygen atoms in total. The lowest BCUT2D eigenvalue weighted by Crippen LogP contribution is -2.42. The van der Waals surface area contributed by atoms with Crippen LogP contribution in [0.1, 0.15) is 31.9 Å². The predicted molar refractivity (Wildman–Crippen MR) is 199 cm³/mol. The molecule has 0 spiro atoms. The highest BCUT2D eigenvalue weighted by Crippen LogP contribution is 2.29. The van der Waals surface area contributed by atoms with E-state index in [-0.39, 0.29) is 40.0 Å². The van der Waals surface area contributed by atoms with Crippen LogP contribution in [0.4, 0.5) is 18.4 Å². The number of halogens is 3. The lowest BCUT2D eigenvalue weighted by atomic mass is 10.1. The zero-order valence-corrected chi connectivity index (χ0v) is 33.3. The van der Waals surface area contributed by atoms with E-state index in [0.717, 1.165) is 7.94 Å². The molecule has 5 aromatic rings. The molecule has 0 aliphatic rings. The minimum Gasteiger partial charge on any atom is -0.445 e. The molecule has 0 saturated carbocycles. The summed E-state index contributed by atoms with van der Waals surface area (Å²) in [5.41, 5.74) is 1.27. The lowest BCUT2D eigenvalue weighted by molar-refractivity contribution is -0.0498. The molecule has 4 aromatic heterocycles. The van der Waals surface area contributed by atoms with Gasteiger partial charge in [-0.2, -0.15) is 8.78 Å². The van der Waals surface area contributed by atoms with E-state index < -0.39 is 38.8 Å². The molecule has 0 atom stereocenters. The number of nitrogens with zero attached hydrogens (tertiary/aromatic N) is 5. The normalized spacial score (nSPS) is 11.7. The number of pyridine rings is 2. The van der Waals surface area contributed by atoms with E-state index in [1.165, 1.54) is 97.7 Å². The van der Waals surface area contributed by atoms with Crippen LogP contribution >= 0.6 is 15.9 Å². The van der Waals surface area contributed by atoms with Crippen molar-refractivity contribution in [2.24, 2.45) is 0 Å². The minimum atomic E-state index is -4.02. The number of alkyl halides is 2. The highest BCUT2D eigenvalue weighted by Gasteiger charge is 2.25. The Hall–Kier alpha value is -5.34. The van der Waals surface area contributed by atoms with Gasteiger partial charge in [0.2, 0.25) is 0 Å². The van der Waals surface area contributed by atoms with Crippen molar-refractivity contribution in [1.82, 2.24) is 28.1 Å². The van der Waals surface area contributed by atoms with E-state index in [4.69, 9.17) is 9.47 Å². The molecule has 0 fully saturated rings. The number of benzene rings is 1. The van der Waals surface area contributed by atoms with Gasteiger partial charge in [0, 0.05) is 67.9 Å². The van der Waals surface area contributed by atoms with E-state index in [1.54, 1.807) is 19.2 Å². The zero-order chi connectivity index (χ0) is 40.6. The van der Waals surface area contributed by atoms with Crippen LogP contribution in [0, 0.1) is 0 Å². The van der Waals surface area contributed by atoms with Crippen LogP contribution in [0.5, 0.6) is 5.75 Å². The fourth-order valence-corrected chi connectivity index (χ4v) is 8.04. The van der Waals surface area contributed by atoms with Crippen molar-refractivity contribution in [3.8, 4) is 17.0 Å². The third-order valence-corrected chi connectivity index (χ3v) is 11.8. The van der Waals surface area contributed by atoms with Gasteiger partial charge in [-0.1, -0.05) is 0 Å². The monoisotopic (exact) mass is 866 g/mol. The average Bonchev–Trinajstić information content (AvgIpc) is 3.77. The van der Waals surface area contributed by atoms with E-state index in [0.29, 0.717) is 21.3 Å². The number of carbonyl (C=O) groups excluding carboxylic acids is 2. The van der Waals surface area contributed by atoms with Gasteiger partial charge in [0.15, 0.2) is 0 Å². The second-order valence-corrected chi connectivity index (χ2v) is 16.8. The Bertz CT molecular complexity index is 2300. The third-order valence-electron chi connectivity index (χ3n) is 7.61. The van der Waals surface area contributed by atoms with Gasteiger partial charge in [0.25, 0.3) is 20.0 Å². The van der Waals surface area contributed by atoms with E-state index in [9.17, 15) is 35.2 Å². The summed E-state index contributed by atoms with van der Waals surface area (Å²) in [7, 11) is -4.75. The summed E-state index contributed by atoms with van der Waals surface area (Å²) in [6.07, 6.45) is 7.01. The van der Waals surface area contributed by atoms with Crippen molar-refractivity contribution < 1.29 is 49.4 Å². The SMILES string of the molecule is CN(C(=O)OCc1cc(Br)n(S(=O)(=O)c2cccnc2)c1)C(C)(C)C.CNC(=O)OCc1cc(-c2ccc(OC(F)F)cc2)n(S(=O)(=O)c2cccnc2)c1. The Kier molecular flexibility index (Phi) is 13.8. The Morgan fingerprint density at radius 3 is 1.89 bits per heavy atom.